The highest BCUT2D eigenvalue weighted by molar-refractivity contribution is 6.34. The number of aromatic carboxylic acids is 1. The molecule has 0 radical (unpaired) electrons. The number of rotatable bonds is 3. The zero-order valence-corrected chi connectivity index (χ0v) is 11.4. The minimum atomic E-state index is -1.03. The summed E-state index contributed by atoms with van der Waals surface area (Å²) >= 11 is 6.00. The molecule has 20 heavy (non-hydrogen) atoms. The third-order valence-electron chi connectivity index (χ3n) is 2.76. The third kappa shape index (κ3) is 3.16. The monoisotopic (exact) mass is 289 g/mol. The number of hydrogen-bond donors (Lipinski definition) is 2. The molecule has 2 rings (SSSR count). The highest BCUT2D eigenvalue weighted by Crippen LogP contribution is 2.23. The molecule has 0 heterocycles. The van der Waals surface area contributed by atoms with Crippen LogP contribution in [-0.2, 0) is 0 Å². The number of benzene rings is 2. The maximum absolute atomic E-state index is 12.0. The molecule has 0 aliphatic carbocycles. The first kappa shape index (κ1) is 14.1. The Labute approximate surface area is 121 Å². The highest BCUT2D eigenvalue weighted by Gasteiger charge is 2.10. The van der Waals surface area contributed by atoms with E-state index in [1.165, 1.54) is 24.3 Å². The predicted octanol–water partition coefficient (Wildman–Crippen LogP) is 3.60. The quantitative estimate of drug-likeness (QED) is 0.907. The van der Waals surface area contributed by atoms with Crippen molar-refractivity contribution in [1.29, 1.82) is 0 Å². The van der Waals surface area contributed by atoms with E-state index in [2.05, 4.69) is 5.32 Å². The molecule has 102 valence electrons. The van der Waals surface area contributed by atoms with Gasteiger partial charge in [0.25, 0.3) is 5.91 Å². The summed E-state index contributed by atoms with van der Waals surface area (Å²) in [5.74, 6) is -1.37. The van der Waals surface area contributed by atoms with E-state index >= 15 is 0 Å². The Morgan fingerprint density at radius 2 is 1.65 bits per heavy atom. The smallest absolute Gasteiger partial charge is 0.335 e. The normalized spacial score (nSPS) is 10.1. The second-order valence-electron chi connectivity index (χ2n) is 4.32. The van der Waals surface area contributed by atoms with Crippen molar-refractivity contribution in [1.82, 2.24) is 0 Å². The van der Waals surface area contributed by atoms with Gasteiger partial charge in [-0.05, 0) is 48.9 Å². The summed E-state index contributed by atoms with van der Waals surface area (Å²) in [7, 11) is 0. The van der Waals surface area contributed by atoms with Gasteiger partial charge in [0.1, 0.15) is 0 Å². The van der Waals surface area contributed by atoms with Crippen molar-refractivity contribution in [2.45, 2.75) is 6.92 Å². The second-order valence-corrected chi connectivity index (χ2v) is 4.73. The molecule has 0 unspecified atom stereocenters. The van der Waals surface area contributed by atoms with Crippen molar-refractivity contribution in [2.24, 2.45) is 0 Å². The Morgan fingerprint density at radius 3 is 2.25 bits per heavy atom. The van der Waals surface area contributed by atoms with E-state index in [0.29, 0.717) is 16.3 Å². The summed E-state index contributed by atoms with van der Waals surface area (Å²) in [4.78, 5) is 22.8. The Bertz CT molecular complexity index is 665. The molecule has 2 aromatic carbocycles. The number of aryl methyl sites for hydroxylation is 1. The van der Waals surface area contributed by atoms with Crippen molar-refractivity contribution >= 4 is 29.2 Å². The Hall–Kier alpha value is -2.33. The number of carbonyl (C=O) groups is 2. The van der Waals surface area contributed by atoms with Crippen LogP contribution in [0, 0.1) is 6.92 Å². The molecule has 0 spiro atoms. The summed E-state index contributed by atoms with van der Waals surface area (Å²) in [6, 6.07) is 11.0. The van der Waals surface area contributed by atoms with Crippen molar-refractivity contribution in [2.75, 3.05) is 5.32 Å². The Kier molecular flexibility index (Phi) is 4.05. The molecule has 2 aromatic rings. The Balaban J connectivity index is 2.19. The first-order valence-electron chi connectivity index (χ1n) is 5.88. The lowest BCUT2D eigenvalue weighted by Crippen LogP contribution is -2.12. The maximum Gasteiger partial charge on any atom is 0.335 e. The topological polar surface area (TPSA) is 66.4 Å². The number of halogens is 1. The number of carbonyl (C=O) groups excluding carboxylic acids is 1. The van der Waals surface area contributed by atoms with Gasteiger partial charge < -0.3 is 10.4 Å². The molecular weight excluding hydrogens is 278 g/mol. The number of carboxylic acid groups (broad SMARTS) is 1. The zero-order valence-electron chi connectivity index (χ0n) is 10.7. The molecule has 0 saturated carbocycles. The van der Waals surface area contributed by atoms with E-state index in [4.69, 9.17) is 16.7 Å². The molecule has 2 N–H and O–H groups in total. The van der Waals surface area contributed by atoms with Crippen LogP contribution in [0.15, 0.2) is 42.5 Å². The van der Waals surface area contributed by atoms with Crippen LogP contribution in [0.5, 0.6) is 0 Å². The first-order valence-corrected chi connectivity index (χ1v) is 6.26. The number of nitrogens with one attached hydrogen (secondary N) is 1. The fraction of sp³-hybridized carbons (Fsp3) is 0.0667. The number of hydrogen-bond acceptors (Lipinski definition) is 2. The summed E-state index contributed by atoms with van der Waals surface area (Å²) in [6.45, 7) is 1.90. The summed E-state index contributed by atoms with van der Waals surface area (Å²) in [5.41, 5.74) is 2.01. The van der Waals surface area contributed by atoms with Crippen LogP contribution >= 0.6 is 11.6 Å². The van der Waals surface area contributed by atoms with Gasteiger partial charge in [0.05, 0.1) is 16.3 Å². The Morgan fingerprint density at radius 1 is 1.05 bits per heavy atom. The van der Waals surface area contributed by atoms with E-state index in [0.717, 1.165) is 5.56 Å². The SMILES string of the molecule is Cc1ccc(Cl)c(NC(=O)c2ccc(C(=O)O)cc2)c1. The molecule has 0 aliphatic rings. The van der Waals surface area contributed by atoms with Crippen LogP contribution in [0.25, 0.3) is 0 Å². The van der Waals surface area contributed by atoms with Gasteiger partial charge in [-0.1, -0.05) is 17.7 Å². The number of anilines is 1. The minimum absolute atomic E-state index is 0.134. The van der Waals surface area contributed by atoms with Crippen molar-refractivity contribution in [3.8, 4) is 0 Å². The van der Waals surface area contributed by atoms with E-state index < -0.39 is 5.97 Å². The van der Waals surface area contributed by atoms with Gasteiger partial charge in [-0.3, -0.25) is 4.79 Å². The molecule has 0 saturated heterocycles. The van der Waals surface area contributed by atoms with Crippen molar-refractivity contribution < 1.29 is 14.7 Å². The molecule has 0 bridgehead atoms. The zero-order chi connectivity index (χ0) is 14.7. The van der Waals surface area contributed by atoms with Gasteiger partial charge in [0.2, 0.25) is 0 Å². The lowest BCUT2D eigenvalue weighted by atomic mass is 10.1. The van der Waals surface area contributed by atoms with Crippen LogP contribution in [0.1, 0.15) is 26.3 Å². The molecule has 0 fully saturated rings. The lowest BCUT2D eigenvalue weighted by molar-refractivity contribution is 0.0696. The fourth-order valence-corrected chi connectivity index (χ4v) is 1.86. The summed E-state index contributed by atoms with van der Waals surface area (Å²) < 4.78 is 0. The van der Waals surface area contributed by atoms with E-state index in [1.807, 2.05) is 13.0 Å². The van der Waals surface area contributed by atoms with Crippen LogP contribution in [0.2, 0.25) is 5.02 Å². The predicted molar refractivity (Wildman–Crippen MR) is 77.5 cm³/mol. The molecule has 5 heteroatoms. The van der Waals surface area contributed by atoms with Gasteiger partial charge in [-0.15, -0.1) is 0 Å². The second kappa shape index (κ2) is 5.75. The number of carboxylic acids is 1. The van der Waals surface area contributed by atoms with Crippen molar-refractivity contribution in [3.05, 3.63) is 64.2 Å². The third-order valence-corrected chi connectivity index (χ3v) is 3.09. The summed E-state index contributed by atoms with van der Waals surface area (Å²) in [5, 5.41) is 11.9. The van der Waals surface area contributed by atoms with Gasteiger partial charge in [-0.2, -0.15) is 0 Å². The van der Waals surface area contributed by atoms with Crippen LogP contribution in [0.3, 0.4) is 0 Å². The average molecular weight is 290 g/mol. The van der Waals surface area contributed by atoms with Gasteiger partial charge in [-0.25, -0.2) is 4.79 Å². The van der Waals surface area contributed by atoms with Gasteiger partial charge >= 0.3 is 5.97 Å². The fourth-order valence-electron chi connectivity index (χ4n) is 1.69. The van der Waals surface area contributed by atoms with E-state index in [-0.39, 0.29) is 11.5 Å². The van der Waals surface area contributed by atoms with Gasteiger partial charge in [0, 0.05) is 5.56 Å². The summed E-state index contributed by atoms with van der Waals surface area (Å²) in [6.07, 6.45) is 0. The largest absolute Gasteiger partial charge is 0.478 e. The van der Waals surface area contributed by atoms with E-state index in [1.54, 1.807) is 12.1 Å². The standard InChI is InChI=1S/C15H12ClNO3/c1-9-2-7-12(16)13(8-9)17-14(18)10-3-5-11(6-4-10)15(19)20/h2-8H,1H3,(H,17,18)(H,19,20). The first-order chi connectivity index (χ1) is 9.47. The number of amides is 1. The average Bonchev–Trinajstić information content (AvgIpc) is 2.43. The molecule has 1 amide bonds. The van der Waals surface area contributed by atoms with Crippen LogP contribution in [-0.4, -0.2) is 17.0 Å². The van der Waals surface area contributed by atoms with Crippen molar-refractivity contribution in [3.63, 3.8) is 0 Å². The molecule has 0 aromatic heterocycles. The van der Waals surface area contributed by atoms with Crippen LogP contribution in [0.4, 0.5) is 5.69 Å². The van der Waals surface area contributed by atoms with Gasteiger partial charge in [0.15, 0.2) is 0 Å². The van der Waals surface area contributed by atoms with Crippen LogP contribution < -0.4 is 5.32 Å². The lowest BCUT2D eigenvalue weighted by Gasteiger charge is -2.08. The molecular formula is C15H12ClNO3. The van der Waals surface area contributed by atoms with E-state index in [9.17, 15) is 9.59 Å². The molecule has 0 atom stereocenters. The molecule has 4 nitrogen and oxygen atoms in total. The highest BCUT2D eigenvalue weighted by atomic mass is 35.5. The minimum Gasteiger partial charge on any atom is -0.478 e. The molecule has 0 aliphatic heterocycles. The maximum atomic E-state index is 12.0.